The minimum atomic E-state index is -3.94. The summed E-state index contributed by atoms with van der Waals surface area (Å²) in [7, 11) is -0.0502. The highest BCUT2D eigenvalue weighted by molar-refractivity contribution is 7.85. The highest BCUT2D eigenvalue weighted by Gasteiger charge is 2.16. The highest BCUT2D eigenvalue weighted by Crippen LogP contribution is 2.13. The number of nitrogens with zero attached hydrogens (tertiary/aromatic N) is 1. The molecule has 0 amide bonds. The lowest BCUT2D eigenvalue weighted by molar-refractivity contribution is -0.890. The maximum absolute atomic E-state index is 11.8. The molecule has 0 heterocycles. The molecule has 39 heavy (non-hydrogen) atoms. The highest BCUT2D eigenvalue weighted by atomic mass is 32.2. The van der Waals surface area contributed by atoms with E-state index in [1.54, 1.807) is 0 Å². The molecule has 0 aromatic heterocycles. The van der Waals surface area contributed by atoms with Gasteiger partial charge in [0.05, 0.1) is 46.2 Å². The van der Waals surface area contributed by atoms with E-state index >= 15 is 0 Å². The third kappa shape index (κ3) is 29.4. The maximum atomic E-state index is 11.8. The molecular weight excluding hydrogens is 518 g/mol. The zero-order valence-corrected chi connectivity index (χ0v) is 26.0. The Morgan fingerprint density at radius 1 is 0.615 bits per heavy atom. The molecule has 230 valence electrons. The van der Waals surface area contributed by atoms with E-state index in [0.717, 1.165) is 31.4 Å². The van der Waals surface area contributed by atoms with Crippen molar-refractivity contribution in [1.82, 2.24) is 0 Å². The Hall–Kier alpha value is -1.45. The standard InChI is InChI=1S/C30H57NO7S/c1-4-5-6-7-8-9-10-11-12-13-14-15-16-17-18-19-26-37-29(32)22-23-30(33)38-27-20-24-31(2,3)25-21-28-39(34,35)36/h22-23H,4-21,24-28H2,1-3H3/p+1/b23-22-. The summed E-state index contributed by atoms with van der Waals surface area (Å²) in [5.41, 5.74) is 0. The van der Waals surface area contributed by atoms with Crippen molar-refractivity contribution in [1.29, 1.82) is 0 Å². The van der Waals surface area contributed by atoms with Crippen molar-refractivity contribution in [3.63, 3.8) is 0 Å². The first-order chi connectivity index (χ1) is 18.6. The van der Waals surface area contributed by atoms with Crippen LogP contribution < -0.4 is 0 Å². The van der Waals surface area contributed by atoms with E-state index in [0.29, 0.717) is 37.0 Å². The Morgan fingerprint density at radius 2 is 0.974 bits per heavy atom. The summed E-state index contributed by atoms with van der Waals surface area (Å²) in [6.07, 6.45) is 23.8. The molecule has 0 radical (unpaired) electrons. The van der Waals surface area contributed by atoms with Crippen LogP contribution in [0.2, 0.25) is 0 Å². The number of hydrogen-bond donors (Lipinski definition) is 1. The van der Waals surface area contributed by atoms with Crippen molar-refractivity contribution >= 4 is 22.1 Å². The second kappa shape index (κ2) is 24.4. The molecule has 0 rings (SSSR count). The van der Waals surface area contributed by atoms with Gasteiger partial charge >= 0.3 is 11.9 Å². The van der Waals surface area contributed by atoms with Crippen LogP contribution in [0.25, 0.3) is 0 Å². The molecule has 8 nitrogen and oxygen atoms in total. The fourth-order valence-electron chi connectivity index (χ4n) is 4.51. The number of esters is 2. The van der Waals surface area contributed by atoms with Crippen molar-refractivity contribution in [2.45, 2.75) is 122 Å². The van der Waals surface area contributed by atoms with Gasteiger partial charge in [-0.25, -0.2) is 9.59 Å². The molecule has 0 saturated carbocycles. The zero-order chi connectivity index (χ0) is 29.2. The molecule has 0 aromatic carbocycles. The quantitative estimate of drug-likeness (QED) is 0.0384. The topological polar surface area (TPSA) is 107 Å². The van der Waals surface area contributed by atoms with E-state index in [-0.39, 0.29) is 12.4 Å². The fraction of sp³-hybridized carbons (Fsp3) is 0.867. The van der Waals surface area contributed by atoms with Crippen molar-refractivity contribution in [2.75, 3.05) is 46.2 Å². The first-order valence-corrected chi connectivity index (χ1v) is 17.0. The van der Waals surface area contributed by atoms with Gasteiger partial charge in [0, 0.05) is 25.0 Å². The Kier molecular flexibility index (Phi) is 23.4. The lowest BCUT2D eigenvalue weighted by Crippen LogP contribution is -2.42. The lowest BCUT2D eigenvalue weighted by Gasteiger charge is -2.29. The minimum absolute atomic E-state index is 0.206. The second-order valence-corrected chi connectivity index (χ2v) is 12.9. The van der Waals surface area contributed by atoms with Gasteiger partial charge in [-0.2, -0.15) is 8.42 Å². The minimum Gasteiger partial charge on any atom is -0.463 e. The number of rotatable bonds is 27. The van der Waals surface area contributed by atoms with E-state index in [1.807, 2.05) is 14.1 Å². The van der Waals surface area contributed by atoms with E-state index in [9.17, 15) is 18.0 Å². The largest absolute Gasteiger partial charge is 0.463 e. The summed E-state index contributed by atoms with van der Waals surface area (Å²) >= 11 is 0. The molecule has 0 spiro atoms. The van der Waals surface area contributed by atoms with Crippen LogP contribution in [-0.4, -0.2) is 75.5 Å². The van der Waals surface area contributed by atoms with Gasteiger partial charge in [-0.15, -0.1) is 0 Å². The number of unbranched alkanes of at least 4 members (excludes halogenated alkanes) is 15. The van der Waals surface area contributed by atoms with E-state index < -0.39 is 22.1 Å². The summed E-state index contributed by atoms with van der Waals surface area (Å²) < 4.78 is 41.2. The first-order valence-electron chi connectivity index (χ1n) is 15.3. The van der Waals surface area contributed by atoms with Gasteiger partial charge in [-0.3, -0.25) is 4.55 Å². The second-order valence-electron chi connectivity index (χ2n) is 11.3. The van der Waals surface area contributed by atoms with Crippen LogP contribution in [0.4, 0.5) is 0 Å². The molecule has 0 atom stereocenters. The number of carbonyl (C=O) groups excluding carboxylic acids is 2. The van der Waals surface area contributed by atoms with Gasteiger partial charge in [0.15, 0.2) is 0 Å². The van der Waals surface area contributed by atoms with Gasteiger partial charge in [0.1, 0.15) is 0 Å². The van der Waals surface area contributed by atoms with Crippen LogP contribution in [0, 0.1) is 0 Å². The average Bonchev–Trinajstić information content (AvgIpc) is 2.86. The van der Waals surface area contributed by atoms with Gasteiger partial charge in [0.25, 0.3) is 10.1 Å². The lowest BCUT2D eigenvalue weighted by atomic mass is 10.0. The van der Waals surface area contributed by atoms with Crippen molar-refractivity contribution < 1.29 is 36.5 Å². The van der Waals surface area contributed by atoms with Crippen molar-refractivity contribution in [3.05, 3.63) is 12.2 Å². The van der Waals surface area contributed by atoms with Crippen LogP contribution in [0.5, 0.6) is 0 Å². The number of ether oxygens (including phenoxy) is 2. The molecule has 0 aliphatic carbocycles. The monoisotopic (exact) mass is 576 g/mol. The third-order valence-electron chi connectivity index (χ3n) is 6.92. The normalized spacial score (nSPS) is 12.2. The molecule has 1 N–H and O–H groups in total. The summed E-state index contributed by atoms with van der Waals surface area (Å²) in [5.74, 6) is -1.39. The average molecular weight is 577 g/mol. The van der Waals surface area contributed by atoms with Crippen molar-refractivity contribution in [2.24, 2.45) is 0 Å². The smallest absolute Gasteiger partial charge is 0.331 e. The van der Waals surface area contributed by atoms with Crippen LogP contribution >= 0.6 is 0 Å². The fourth-order valence-corrected chi connectivity index (χ4v) is 5.00. The molecule has 0 aliphatic rings. The maximum Gasteiger partial charge on any atom is 0.331 e. The molecular formula is C30H58NO7S+. The third-order valence-corrected chi connectivity index (χ3v) is 7.72. The van der Waals surface area contributed by atoms with Crippen molar-refractivity contribution in [3.8, 4) is 0 Å². The summed E-state index contributed by atoms with van der Waals surface area (Å²) in [5, 5.41) is 0. The van der Waals surface area contributed by atoms with Crippen LogP contribution in [0.3, 0.4) is 0 Å². The number of quaternary nitrogens is 1. The molecule has 0 fully saturated rings. The predicted molar refractivity (Wildman–Crippen MR) is 158 cm³/mol. The van der Waals surface area contributed by atoms with E-state index in [4.69, 9.17) is 14.0 Å². The van der Waals surface area contributed by atoms with Crippen LogP contribution in [-0.2, 0) is 29.2 Å². The SMILES string of the molecule is CCCCCCCCCCCCCCCCCCOC(=O)/C=C\C(=O)OCCC[N+](C)(C)CCCS(=O)(=O)O. The Bertz CT molecular complexity index is 750. The predicted octanol–water partition coefficient (Wildman–Crippen LogP) is 6.63. The Morgan fingerprint density at radius 3 is 1.38 bits per heavy atom. The molecule has 0 aliphatic heterocycles. The molecule has 0 bridgehead atoms. The Labute approximate surface area is 239 Å². The van der Waals surface area contributed by atoms with E-state index in [2.05, 4.69) is 6.92 Å². The number of carbonyl (C=O) groups is 2. The van der Waals surface area contributed by atoms with Gasteiger partial charge in [0.2, 0.25) is 0 Å². The summed E-state index contributed by atoms with van der Waals surface area (Å²) in [6.45, 7) is 4.10. The van der Waals surface area contributed by atoms with Gasteiger partial charge < -0.3 is 14.0 Å². The molecule has 0 unspecified atom stereocenters. The van der Waals surface area contributed by atoms with Gasteiger partial charge in [-0.1, -0.05) is 103 Å². The Balaban J connectivity index is 3.56. The summed E-state index contributed by atoms with van der Waals surface area (Å²) in [4.78, 5) is 23.5. The zero-order valence-electron chi connectivity index (χ0n) is 25.2. The van der Waals surface area contributed by atoms with Crippen LogP contribution in [0.15, 0.2) is 12.2 Å². The molecule has 9 heteroatoms. The number of hydrogen-bond acceptors (Lipinski definition) is 6. The van der Waals surface area contributed by atoms with Gasteiger partial charge in [-0.05, 0) is 6.42 Å². The van der Waals surface area contributed by atoms with Crippen LogP contribution in [0.1, 0.15) is 122 Å². The van der Waals surface area contributed by atoms with E-state index in [1.165, 1.54) is 83.5 Å². The molecule has 0 saturated heterocycles. The molecule has 0 aromatic rings. The summed E-state index contributed by atoms with van der Waals surface area (Å²) in [6, 6.07) is 0. The first kappa shape index (κ1) is 37.6.